The fraction of sp³-hybridized carbons (Fsp3) is 0.321. The molecule has 8 nitrogen and oxygen atoms in total. The average Bonchev–Trinajstić information content (AvgIpc) is 3.74. The number of carbonyl (C=O) groups is 2. The van der Waals surface area contributed by atoms with Crippen LogP contribution in [0.25, 0.3) is 0 Å². The van der Waals surface area contributed by atoms with Gasteiger partial charge in [-0.1, -0.05) is 30.3 Å². The van der Waals surface area contributed by atoms with Crippen LogP contribution in [0.2, 0.25) is 0 Å². The monoisotopic (exact) mass is 538 g/mol. The highest BCUT2D eigenvalue weighted by molar-refractivity contribution is 7.89. The Morgan fingerprint density at radius 2 is 1.71 bits per heavy atom. The zero-order chi connectivity index (χ0) is 27.1. The summed E-state index contributed by atoms with van der Waals surface area (Å²) in [7, 11) is -3.54. The molecule has 0 radical (unpaired) electrons. The lowest BCUT2D eigenvalue weighted by Gasteiger charge is -2.29. The lowest BCUT2D eigenvalue weighted by molar-refractivity contribution is -0.140. The Hall–Kier alpha value is -3.63. The van der Waals surface area contributed by atoms with Crippen molar-refractivity contribution < 1.29 is 22.4 Å². The number of pyridine rings is 1. The molecular weight excluding hydrogens is 507 g/mol. The summed E-state index contributed by atoms with van der Waals surface area (Å²) < 4.78 is 40.8. The molecule has 1 heterocycles. The summed E-state index contributed by atoms with van der Waals surface area (Å²) in [5.74, 6) is -0.945. The summed E-state index contributed by atoms with van der Waals surface area (Å²) in [6, 6.07) is 15.2. The third kappa shape index (κ3) is 7.69. The van der Waals surface area contributed by atoms with Gasteiger partial charge in [0.25, 0.3) is 0 Å². The number of benzene rings is 2. The third-order valence-electron chi connectivity index (χ3n) is 6.38. The number of carbonyl (C=O) groups excluding carboxylic acids is 2. The van der Waals surface area contributed by atoms with Gasteiger partial charge in [-0.2, -0.15) is 0 Å². The number of rotatable bonds is 12. The fourth-order valence-corrected chi connectivity index (χ4v) is 5.23. The molecule has 2 N–H and O–H groups in total. The second-order valence-corrected chi connectivity index (χ2v) is 11.2. The standard InChI is InChI=1S/C28H31FN4O4S/c1-20(28(35)31-18-23-3-2-16-30-17-23)33(19-22-4-9-24(29)10-5-22)27(34)15-8-21-6-13-26(14-7-21)38(36,37)32-25-11-12-25/h2-7,9-10,13-14,16-17,20,25,32H,8,11-12,15,18-19H2,1H3,(H,31,35)/t20-/m0/s1. The Balaban J connectivity index is 1.41. The van der Waals surface area contributed by atoms with Crippen molar-refractivity contribution in [2.75, 3.05) is 0 Å². The molecule has 0 spiro atoms. The molecule has 10 heteroatoms. The summed E-state index contributed by atoms with van der Waals surface area (Å²) in [5, 5.41) is 2.85. The molecule has 38 heavy (non-hydrogen) atoms. The molecule has 200 valence electrons. The molecular formula is C28H31FN4O4S. The van der Waals surface area contributed by atoms with E-state index in [1.165, 1.54) is 29.2 Å². The van der Waals surface area contributed by atoms with Crippen molar-refractivity contribution in [3.63, 3.8) is 0 Å². The fourth-order valence-electron chi connectivity index (χ4n) is 3.93. The predicted molar refractivity (Wildman–Crippen MR) is 141 cm³/mol. The number of sulfonamides is 1. The van der Waals surface area contributed by atoms with Gasteiger partial charge in [-0.3, -0.25) is 14.6 Å². The number of aromatic nitrogens is 1. The molecule has 3 aromatic rings. The largest absolute Gasteiger partial charge is 0.350 e. The molecule has 1 atom stereocenters. The zero-order valence-corrected chi connectivity index (χ0v) is 22.0. The van der Waals surface area contributed by atoms with E-state index in [1.807, 2.05) is 6.07 Å². The number of amides is 2. The summed E-state index contributed by atoms with van der Waals surface area (Å²) in [4.78, 5) is 32.0. The Bertz CT molecular complexity index is 1350. The Morgan fingerprint density at radius 3 is 2.34 bits per heavy atom. The van der Waals surface area contributed by atoms with E-state index >= 15 is 0 Å². The maximum atomic E-state index is 13.4. The van der Waals surface area contributed by atoms with E-state index < -0.39 is 16.1 Å². The molecule has 0 bridgehead atoms. The van der Waals surface area contributed by atoms with Crippen LogP contribution in [0.3, 0.4) is 0 Å². The van der Waals surface area contributed by atoms with Crippen LogP contribution < -0.4 is 10.0 Å². The van der Waals surface area contributed by atoms with Gasteiger partial charge in [-0.25, -0.2) is 17.5 Å². The van der Waals surface area contributed by atoms with Crippen molar-refractivity contribution >= 4 is 21.8 Å². The highest BCUT2D eigenvalue weighted by Gasteiger charge is 2.28. The van der Waals surface area contributed by atoms with Crippen LogP contribution in [0.1, 0.15) is 42.9 Å². The van der Waals surface area contributed by atoms with E-state index in [4.69, 9.17) is 0 Å². The first-order chi connectivity index (χ1) is 18.2. The molecule has 0 saturated heterocycles. The minimum Gasteiger partial charge on any atom is -0.350 e. The number of aryl methyl sites for hydroxylation is 1. The topological polar surface area (TPSA) is 108 Å². The number of nitrogens with one attached hydrogen (secondary N) is 2. The first-order valence-electron chi connectivity index (χ1n) is 12.5. The van der Waals surface area contributed by atoms with E-state index in [-0.39, 0.29) is 48.1 Å². The molecule has 0 unspecified atom stereocenters. The van der Waals surface area contributed by atoms with Crippen LogP contribution in [-0.2, 0) is 39.1 Å². The van der Waals surface area contributed by atoms with E-state index in [9.17, 15) is 22.4 Å². The van der Waals surface area contributed by atoms with Crippen molar-refractivity contribution in [1.29, 1.82) is 0 Å². The molecule has 1 saturated carbocycles. The Morgan fingerprint density at radius 1 is 1.03 bits per heavy atom. The molecule has 2 amide bonds. The van der Waals surface area contributed by atoms with Crippen molar-refractivity contribution in [2.24, 2.45) is 0 Å². The lowest BCUT2D eigenvalue weighted by atomic mass is 10.1. The Labute approximate surface area is 222 Å². The van der Waals surface area contributed by atoms with E-state index in [0.717, 1.165) is 24.0 Å². The van der Waals surface area contributed by atoms with Crippen LogP contribution in [0.15, 0.2) is 78.0 Å². The van der Waals surface area contributed by atoms with Crippen LogP contribution in [0.4, 0.5) is 4.39 Å². The third-order valence-corrected chi connectivity index (χ3v) is 7.92. The summed E-state index contributed by atoms with van der Waals surface area (Å²) in [5.41, 5.74) is 2.34. The molecule has 4 rings (SSSR count). The summed E-state index contributed by atoms with van der Waals surface area (Å²) in [6.07, 6.45) is 5.51. The quantitative estimate of drug-likeness (QED) is 0.368. The molecule has 0 aliphatic heterocycles. The number of hydrogen-bond acceptors (Lipinski definition) is 5. The van der Waals surface area contributed by atoms with Crippen LogP contribution in [0.5, 0.6) is 0 Å². The van der Waals surface area contributed by atoms with Gasteiger partial charge in [0.05, 0.1) is 4.90 Å². The number of halogens is 1. The van der Waals surface area contributed by atoms with Crippen molar-refractivity contribution in [2.45, 2.75) is 62.7 Å². The van der Waals surface area contributed by atoms with E-state index in [2.05, 4.69) is 15.0 Å². The van der Waals surface area contributed by atoms with Crippen LogP contribution in [-0.4, -0.2) is 42.2 Å². The van der Waals surface area contributed by atoms with Gasteiger partial charge in [0.15, 0.2) is 0 Å². The first-order valence-corrected chi connectivity index (χ1v) is 14.0. The molecule has 1 fully saturated rings. The van der Waals surface area contributed by atoms with Gasteiger partial charge in [-0.05, 0) is 73.2 Å². The van der Waals surface area contributed by atoms with Crippen molar-refractivity contribution in [1.82, 2.24) is 19.9 Å². The van der Waals surface area contributed by atoms with Gasteiger partial charge >= 0.3 is 0 Å². The van der Waals surface area contributed by atoms with Gasteiger partial charge in [0.2, 0.25) is 21.8 Å². The molecule has 1 aliphatic carbocycles. The summed E-state index contributed by atoms with van der Waals surface area (Å²) in [6.45, 7) is 2.08. The van der Waals surface area contributed by atoms with Crippen molar-refractivity contribution in [3.8, 4) is 0 Å². The zero-order valence-electron chi connectivity index (χ0n) is 21.1. The highest BCUT2D eigenvalue weighted by Crippen LogP contribution is 2.22. The Kier molecular flexibility index (Phi) is 8.85. The predicted octanol–water partition coefficient (Wildman–Crippen LogP) is 3.33. The first kappa shape index (κ1) is 27.4. The minimum atomic E-state index is -3.54. The SMILES string of the molecule is C[C@@H](C(=O)NCc1cccnc1)N(Cc1ccc(F)cc1)C(=O)CCc1ccc(S(=O)(=O)NC2CC2)cc1. The van der Waals surface area contributed by atoms with Gasteiger partial charge in [-0.15, -0.1) is 0 Å². The second kappa shape index (κ2) is 12.3. The van der Waals surface area contributed by atoms with E-state index in [0.29, 0.717) is 12.0 Å². The van der Waals surface area contributed by atoms with Crippen LogP contribution >= 0.6 is 0 Å². The normalized spacial score (nSPS) is 14.1. The lowest BCUT2D eigenvalue weighted by Crippen LogP contribution is -2.47. The van der Waals surface area contributed by atoms with Crippen molar-refractivity contribution in [3.05, 3.63) is 95.6 Å². The van der Waals surface area contributed by atoms with Crippen LogP contribution in [0, 0.1) is 5.82 Å². The number of nitrogens with zero attached hydrogens (tertiary/aromatic N) is 2. The summed E-state index contributed by atoms with van der Waals surface area (Å²) >= 11 is 0. The van der Waals surface area contributed by atoms with Gasteiger partial charge in [0.1, 0.15) is 11.9 Å². The average molecular weight is 539 g/mol. The van der Waals surface area contributed by atoms with E-state index in [1.54, 1.807) is 49.6 Å². The molecule has 1 aliphatic rings. The van der Waals surface area contributed by atoms with Gasteiger partial charge < -0.3 is 10.2 Å². The maximum Gasteiger partial charge on any atom is 0.242 e. The minimum absolute atomic E-state index is 0.0212. The van der Waals surface area contributed by atoms with Gasteiger partial charge in [0, 0.05) is 37.9 Å². The highest BCUT2D eigenvalue weighted by atomic mass is 32.2. The molecule has 2 aromatic carbocycles. The maximum absolute atomic E-state index is 13.4. The smallest absolute Gasteiger partial charge is 0.242 e. The molecule has 1 aromatic heterocycles. The number of hydrogen-bond donors (Lipinski definition) is 2. The second-order valence-electron chi connectivity index (χ2n) is 9.44.